The van der Waals surface area contributed by atoms with Crippen LogP contribution in [0.15, 0.2) is 30.0 Å². The van der Waals surface area contributed by atoms with E-state index >= 15 is 0 Å². The third-order valence-corrected chi connectivity index (χ3v) is 1.80. The molecular weight excluding hydrogens is 212 g/mol. The number of ether oxygens (including phenoxy) is 2. The molecule has 0 radical (unpaired) electrons. The minimum absolute atomic E-state index is 0.0729. The Balaban J connectivity index is 2.93. The maximum absolute atomic E-state index is 10.6. The molecule has 84 valence electrons. The van der Waals surface area contributed by atoms with Gasteiger partial charge >= 0.3 is 5.97 Å². The van der Waals surface area contributed by atoms with Gasteiger partial charge in [-0.25, -0.2) is 4.79 Å². The first-order valence-electron chi connectivity index (χ1n) is 4.36. The van der Waals surface area contributed by atoms with Crippen LogP contribution in [-0.2, 0) is 14.3 Å². The van der Waals surface area contributed by atoms with Gasteiger partial charge in [0.05, 0.1) is 7.11 Å². The van der Waals surface area contributed by atoms with Crippen LogP contribution >= 0.6 is 0 Å². The molecule has 0 bridgehead atoms. The van der Waals surface area contributed by atoms with E-state index in [-0.39, 0.29) is 6.47 Å². The van der Waals surface area contributed by atoms with Crippen molar-refractivity contribution in [1.82, 2.24) is 0 Å². The van der Waals surface area contributed by atoms with Gasteiger partial charge in [-0.2, -0.15) is 0 Å². The second-order valence-corrected chi connectivity index (χ2v) is 2.80. The standard InChI is InChI=1S/C11H10O5/c1-15-9-4-2-8(3-5-9)6-10(11(13)14)16-7-12/h2-7H,1H3,(H,13,14)/b10-6-. The highest BCUT2D eigenvalue weighted by Crippen LogP contribution is 2.14. The summed E-state index contributed by atoms with van der Waals surface area (Å²) < 4.78 is 9.26. The average Bonchev–Trinajstić information content (AvgIpc) is 2.29. The summed E-state index contributed by atoms with van der Waals surface area (Å²) in [4.78, 5) is 20.7. The minimum atomic E-state index is -1.30. The zero-order valence-electron chi connectivity index (χ0n) is 8.54. The first-order valence-corrected chi connectivity index (χ1v) is 4.36. The van der Waals surface area contributed by atoms with Crippen molar-refractivity contribution in [3.05, 3.63) is 35.6 Å². The summed E-state index contributed by atoms with van der Waals surface area (Å²) in [6.07, 6.45) is 1.25. The minimum Gasteiger partial charge on any atom is -0.497 e. The smallest absolute Gasteiger partial charge is 0.371 e. The molecule has 0 amide bonds. The highest BCUT2D eigenvalue weighted by atomic mass is 16.5. The van der Waals surface area contributed by atoms with Crippen molar-refractivity contribution in [2.75, 3.05) is 7.11 Å². The van der Waals surface area contributed by atoms with Gasteiger partial charge in [0.25, 0.3) is 6.47 Å². The molecule has 0 aromatic heterocycles. The van der Waals surface area contributed by atoms with Crippen molar-refractivity contribution >= 4 is 18.5 Å². The van der Waals surface area contributed by atoms with Gasteiger partial charge in [0.2, 0.25) is 5.76 Å². The van der Waals surface area contributed by atoms with Crippen LogP contribution in [0.4, 0.5) is 0 Å². The number of carbonyl (C=O) groups excluding carboxylic acids is 1. The van der Waals surface area contributed by atoms with Gasteiger partial charge in [0.1, 0.15) is 5.75 Å². The van der Waals surface area contributed by atoms with Gasteiger partial charge in [-0.05, 0) is 23.8 Å². The molecule has 1 aromatic carbocycles. The normalized spacial score (nSPS) is 10.7. The lowest BCUT2D eigenvalue weighted by Crippen LogP contribution is -2.03. The molecule has 1 aromatic rings. The lowest BCUT2D eigenvalue weighted by Gasteiger charge is -2.01. The third kappa shape index (κ3) is 3.13. The van der Waals surface area contributed by atoms with Crippen LogP contribution in [0.1, 0.15) is 5.56 Å². The van der Waals surface area contributed by atoms with Gasteiger partial charge < -0.3 is 14.6 Å². The van der Waals surface area contributed by atoms with Gasteiger partial charge in [-0.15, -0.1) is 0 Å². The Kier molecular flexibility index (Phi) is 4.08. The number of aliphatic carboxylic acids is 1. The Morgan fingerprint density at radius 3 is 2.38 bits per heavy atom. The first-order chi connectivity index (χ1) is 7.67. The molecule has 0 unspecified atom stereocenters. The molecule has 0 aliphatic carbocycles. The van der Waals surface area contributed by atoms with E-state index in [1.807, 2.05) is 0 Å². The average molecular weight is 222 g/mol. The molecule has 0 atom stereocenters. The summed E-state index contributed by atoms with van der Waals surface area (Å²) >= 11 is 0. The van der Waals surface area contributed by atoms with E-state index in [0.717, 1.165) is 0 Å². The van der Waals surface area contributed by atoms with Crippen molar-refractivity contribution < 1.29 is 24.2 Å². The quantitative estimate of drug-likeness (QED) is 0.461. The van der Waals surface area contributed by atoms with E-state index in [9.17, 15) is 9.59 Å². The van der Waals surface area contributed by atoms with E-state index in [4.69, 9.17) is 9.84 Å². The molecule has 5 nitrogen and oxygen atoms in total. The van der Waals surface area contributed by atoms with E-state index in [1.165, 1.54) is 13.2 Å². The van der Waals surface area contributed by atoms with Gasteiger partial charge in [0, 0.05) is 0 Å². The summed E-state index contributed by atoms with van der Waals surface area (Å²) in [5, 5.41) is 8.69. The molecule has 0 saturated heterocycles. The van der Waals surface area contributed by atoms with Crippen LogP contribution in [0.25, 0.3) is 6.08 Å². The van der Waals surface area contributed by atoms with E-state index in [1.54, 1.807) is 24.3 Å². The lowest BCUT2D eigenvalue weighted by molar-refractivity contribution is -0.141. The molecule has 0 aliphatic rings. The number of benzene rings is 1. The zero-order chi connectivity index (χ0) is 12.0. The number of hydrogen-bond acceptors (Lipinski definition) is 4. The Labute approximate surface area is 91.9 Å². The number of methoxy groups -OCH3 is 1. The van der Waals surface area contributed by atoms with Crippen LogP contribution < -0.4 is 4.74 Å². The highest BCUT2D eigenvalue weighted by Gasteiger charge is 2.08. The Morgan fingerprint density at radius 1 is 1.31 bits per heavy atom. The summed E-state index contributed by atoms with van der Waals surface area (Å²) in [5.74, 6) is -1.08. The highest BCUT2D eigenvalue weighted by molar-refractivity contribution is 5.91. The predicted octanol–water partition coefficient (Wildman–Crippen LogP) is 1.29. The number of hydrogen-bond donors (Lipinski definition) is 1. The van der Waals surface area contributed by atoms with Crippen molar-refractivity contribution in [2.24, 2.45) is 0 Å². The maximum Gasteiger partial charge on any atom is 0.371 e. The zero-order valence-corrected chi connectivity index (χ0v) is 8.54. The van der Waals surface area contributed by atoms with Crippen LogP contribution in [0.3, 0.4) is 0 Å². The first kappa shape index (κ1) is 11.8. The monoisotopic (exact) mass is 222 g/mol. The second kappa shape index (κ2) is 5.55. The number of carbonyl (C=O) groups is 2. The van der Waals surface area contributed by atoms with Crippen molar-refractivity contribution in [3.63, 3.8) is 0 Å². The Bertz CT molecular complexity index is 405. The van der Waals surface area contributed by atoms with E-state index in [2.05, 4.69) is 4.74 Å². The Morgan fingerprint density at radius 2 is 1.94 bits per heavy atom. The van der Waals surface area contributed by atoms with Crippen LogP contribution in [0, 0.1) is 0 Å². The van der Waals surface area contributed by atoms with Gasteiger partial charge in [-0.1, -0.05) is 12.1 Å². The van der Waals surface area contributed by atoms with Crippen molar-refractivity contribution in [3.8, 4) is 5.75 Å². The van der Waals surface area contributed by atoms with E-state index in [0.29, 0.717) is 11.3 Å². The van der Waals surface area contributed by atoms with Gasteiger partial charge in [-0.3, -0.25) is 4.79 Å². The predicted molar refractivity (Wildman–Crippen MR) is 55.8 cm³/mol. The third-order valence-electron chi connectivity index (χ3n) is 1.80. The van der Waals surface area contributed by atoms with Crippen LogP contribution in [0.2, 0.25) is 0 Å². The molecule has 1 N–H and O–H groups in total. The van der Waals surface area contributed by atoms with Crippen molar-refractivity contribution in [1.29, 1.82) is 0 Å². The van der Waals surface area contributed by atoms with Crippen molar-refractivity contribution in [2.45, 2.75) is 0 Å². The summed E-state index contributed by atoms with van der Waals surface area (Å²) in [6, 6.07) is 6.64. The molecule has 0 spiro atoms. The molecule has 0 heterocycles. The molecule has 0 saturated carbocycles. The molecular formula is C11H10O5. The van der Waals surface area contributed by atoms with Crippen LogP contribution in [0.5, 0.6) is 5.75 Å². The fourth-order valence-corrected chi connectivity index (χ4v) is 1.05. The molecule has 0 aliphatic heterocycles. The topological polar surface area (TPSA) is 72.8 Å². The summed E-state index contributed by atoms with van der Waals surface area (Å²) in [6.45, 7) is 0.0729. The lowest BCUT2D eigenvalue weighted by atomic mass is 10.2. The fraction of sp³-hybridized carbons (Fsp3) is 0.0909. The molecule has 16 heavy (non-hydrogen) atoms. The maximum atomic E-state index is 10.6. The largest absolute Gasteiger partial charge is 0.497 e. The number of carboxylic acid groups (broad SMARTS) is 1. The Hall–Kier alpha value is -2.30. The summed E-state index contributed by atoms with van der Waals surface area (Å²) in [5.41, 5.74) is 0.597. The van der Waals surface area contributed by atoms with Crippen LogP contribution in [-0.4, -0.2) is 24.7 Å². The molecule has 1 rings (SSSR count). The number of rotatable bonds is 5. The van der Waals surface area contributed by atoms with Gasteiger partial charge in [0.15, 0.2) is 0 Å². The SMILES string of the molecule is COc1ccc(/C=C(\OC=O)C(=O)O)cc1. The van der Waals surface area contributed by atoms with E-state index < -0.39 is 11.7 Å². The second-order valence-electron chi connectivity index (χ2n) is 2.80. The summed E-state index contributed by atoms with van der Waals surface area (Å²) in [7, 11) is 1.53. The fourth-order valence-electron chi connectivity index (χ4n) is 1.05. The molecule has 5 heteroatoms. The number of carboxylic acids is 1. The molecule has 0 fully saturated rings.